The molecule has 2 aromatic carbocycles. The number of para-hydroxylation sites is 2. The molecule has 33 nitrogen and oxygen atoms in total. The summed E-state index contributed by atoms with van der Waals surface area (Å²) in [5, 5.41) is 25.1. The standard InChI is InChI=1S/C48H61F2N11O5.C48H57F2N11O5.C4H8O/c2*1-57(27-32-18-22-59(23-19-32)21-4-3-6-33-7-5-8-38-43(33)58(2)48(65)61(38)39-15-16-41(62)55-46(39)64)26-31-11-13-35(14-12-31)60-28-36(42(56-60)44(49)50)53-45(63)37-29-66-47(54-37)34-17-20-51-40(24-34)52-25-30-9-10-30;1-2-4-5-3-1/h5,7-8,17,20,24,28-32,35,39,44H,3-4,6,9-16,18-19,21-23,25-27H2,1-2H3,(H,51,52)(H,53,63)(H,55,62,64);5,7-8,17,20,24,28-32,35,39,44H,4,9-16,18-19,21-23,25-27H2,1-2H3,(H,51,52)(H,53,63)(H,55,62,64);1-4H2. The first-order valence-electron chi connectivity index (χ1n) is 49.1. The van der Waals surface area contributed by atoms with Gasteiger partial charge in [-0.15, -0.1) is 0 Å². The zero-order valence-corrected chi connectivity index (χ0v) is 78.6. The molecule has 2 atom stereocenters. The molecule has 10 aromatic rings. The topological polar surface area (TPSA) is 364 Å². The van der Waals surface area contributed by atoms with E-state index in [4.69, 9.17) is 13.6 Å². The number of oxazole rings is 2. The summed E-state index contributed by atoms with van der Waals surface area (Å²) in [6, 6.07) is 17.1. The minimum absolute atomic E-state index is 0.0194. The number of carbonyl (C=O) groups excluding carboxylic acids is 6. The molecule has 5 aliphatic heterocycles. The molecule has 4 aliphatic carbocycles. The summed E-state index contributed by atoms with van der Waals surface area (Å²) in [5.74, 6) is 9.28. The molecule has 137 heavy (non-hydrogen) atoms. The number of imidazole rings is 2. The number of carbonyl (C=O) groups is 6. The van der Waals surface area contributed by atoms with E-state index in [1.165, 1.54) is 85.4 Å². The van der Waals surface area contributed by atoms with Gasteiger partial charge in [0.05, 0.1) is 51.1 Å². The average Bonchev–Trinajstić information content (AvgIpc) is 1.60. The van der Waals surface area contributed by atoms with E-state index in [1.807, 2.05) is 36.4 Å². The Morgan fingerprint density at radius 1 is 0.526 bits per heavy atom. The first kappa shape index (κ1) is 96.7. The van der Waals surface area contributed by atoms with Crippen LogP contribution in [0.4, 0.5) is 40.6 Å². The number of aryl methyl sites for hydroxylation is 3. The largest absolute Gasteiger partial charge is 0.444 e. The van der Waals surface area contributed by atoms with E-state index in [-0.39, 0.29) is 89.1 Å². The maximum atomic E-state index is 14.2. The maximum Gasteiger partial charge on any atom is 0.329 e. The lowest BCUT2D eigenvalue weighted by Gasteiger charge is -2.36. The molecule has 5 saturated heterocycles. The van der Waals surface area contributed by atoms with Crippen LogP contribution in [0.5, 0.6) is 0 Å². The normalized spacial score (nSPS) is 21.0. The Bertz CT molecular complexity index is 6080. The molecule has 730 valence electrons. The number of piperidine rings is 4. The summed E-state index contributed by atoms with van der Waals surface area (Å²) < 4.78 is 82.4. The van der Waals surface area contributed by atoms with Crippen LogP contribution >= 0.6 is 0 Å². The van der Waals surface area contributed by atoms with Gasteiger partial charge < -0.3 is 54.4 Å². The van der Waals surface area contributed by atoms with Crippen molar-refractivity contribution >= 4 is 80.5 Å². The summed E-state index contributed by atoms with van der Waals surface area (Å²) in [5.41, 5.74) is 4.48. The molecular formula is C100H126F4N22O11. The van der Waals surface area contributed by atoms with Crippen LogP contribution in [0.1, 0.15) is 241 Å². The zero-order chi connectivity index (χ0) is 95.3. The first-order chi connectivity index (χ1) is 66.4. The monoisotopic (exact) mass is 1890 g/mol. The molecule has 0 radical (unpaired) electrons. The quantitative estimate of drug-likeness (QED) is 0.00963. The van der Waals surface area contributed by atoms with Crippen molar-refractivity contribution in [1.29, 1.82) is 0 Å². The third kappa shape index (κ3) is 24.4. The number of benzene rings is 2. The van der Waals surface area contributed by atoms with Crippen molar-refractivity contribution in [3.05, 3.63) is 153 Å². The Morgan fingerprint density at radius 2 is 0.964 bits per heavy atom. The summed E-state index contributed by atoms with van der Waals surface area (Å²) in [4.78, 5) is 129. The second kappa shape index (κ2) is 44.7. The van der Waals surface area contributed by atoms with Crippen LogP contribution < -0.4 is 43.3 Å². The van der Waals surface area contributed by atoms with Crippen LogP contribution in [0, 0.1) is 47.3 Å². The lowest BCUT2D eigenvalue weighted by molar-refractivity contribution is -0.137. The number of likely N-dealkylation sites (tertiary alicyclic amines) is 2. The number of fused-ring (bicyclic) bond motifs is 2. The van der Waals surface area contributed by atoms with Crippen LogP contribution in [0.25, 0.3) is 45.0 Å². The van der Waals surface area contributed by atoms with Crippen molar-refractivity contribution in [2.45, 2.75) is 204 Å². The Kier molecular flexibility index (Phi) is 31.5. The Balaban J connectivity index is 0.000000180. The van der Waals surface area contributed by atoms with E-state index >= 15 is 0 Å². The molecule has 9 fully saturated rings. The van der Waals surface area contributed by atoms with Crippen LogP contribution in [-0.4, -0.2) is 219 Å². The van der Waals surface area contributed by atoms with E-state index in [0.717, 1.165) is 197 Å². The van der Waals surface area contributed by atoms with Gasteiger partial charge in [0.25, 0.3) is 24.7 Å². The van der Waals surface area contributed by atoms with E-state index in [2.05, 4.69) is 114 Å². The van der Waals surface area contributed by atoms with Crippen molar-refractivity contribution in [1.82, 2.24) is 88.0 Å². The number of unbranched alkanes of at least 4 members (excludes halogenated alkanes) is 1. The highest BCUT2D eigenvalue weighted by Gasteiger charge is 2.37. The third-order valence-corrected chi connectivity index (χ3v) is 28.6. The molecule has 19 rings (SSSR count). The highest BCUT2D eigenvalue weighted by molar-refractivity contribution is 6.04. The Labute approximate surface area is 792 Å². The average molecular weight is 1890 g/mol. The molecule has 9 aliphatic rings. The van der Waals surface area contributed by atoms with Crippen LogP contribution in [0.15, 0.2) is 116 Å². The maximum absolute atomic E-state index is 14.2. The number of rotatable bonds is 33. The van der Waals surface area contributed by atoms with E-state index in [1.54, 1.807) is 63.2 Å². The van der Waals surface area contributed by atoms with Crippen LogP contribution in [0.2, 0.25) is 0 Å². The minimum atomic E-state index is -2.86. The van der Waals surface area contributed by atoms with E-state index in [0.29, 0.717) is 82.1 Å². The second-order valence-corrected chi connectivity index (χ2v) is 38.9. The molecule has 4 saturated carbocycles. The number of halogens is 4. The Hall–Kier alpha value is -12.0. The summed E-state index contributed by atoms with van der Waals surface area (Å²) in [6.07, 6.45) is 26.8. The van der Waals surface area contributed by atoms with Gasteiger partial charge in [0.1, 0.15) is 36.2 Å². The fourth-order valence-electron chi connectivity index (χ4n) is 20.7. The SMILES string of the molecule is C1CCOC1.CN(CC1CCC(n2cc(NC(=O)c3coc(-c4ccnc(NCC5CC5)c4)n3)c(C(F)F)n2)CC1)CC1CCN(CCC#Cc2cccc3c2n(C)c(=O)n3C2CCC(=O)NC2=O)CC1.CN(CC1CCC(n2cc(NC(=O)c3coc(-c4ccnc(NCC5CC5)c4)n3)c(C(F)F)n2)CC1)CC1CCN(CCCCc2cccc3c2n(C)c(=O)n3C2CCC(=O)NC2=O)CC1. The zero-order valence-electron chi connectivity index (χ0n) is 78.6. The number of pyridine rings is 2. The van der Waals surface area contributed by atoms with Gasteiger partial charge in [-0.3, -0.25) is 67.0 Å². The van der Waals surface area contributed by atoms with Crippen molar-refractivity contribution in [3.63, 3.8) is 0 Å². The van der Waals surface area contributed by atoms with Crippen molar-refractivity contribution in [3.8, 4) is 34.7 Å². The van der Waals surface area contributed by atoms with Crippen LogP contribution in [0.3, 0.4) is 0 Å². The smallest absolute Gasteiger partial charge is 0.329 e. The number of amides is 6. The van der Waals surface area contributed by atoms with E-state index in [9.17, 15) is 55.9 Å². The molecule has 0 spiro atoms. The van der Waals surface area contributed by atoms with Gasteiger partial charge in [0, 0.05) is 128 Å². The molecular weight excluding hydrogens is 1760 g/mol. The number of hydrogen-bond donors (Lipinski definition) is 6. The summed E-state index contributed by atoms with van der Waals surface area (Å²) in [6.45, 7) is 13.9. The highest BCUT2D eigenvalue weighted by atomic mass is 19.3. The minimum Gasteiger partial charge on any atom is -0.444 e. The number of anilines is 4. The molecule has 6 N–H and O–H groups in total. The summed E-state index contributed by atoms with van der Waals surface area (Å²) >= 11 is 0. The van der Waals surface area contributed by atoms with Gasteiger partial charge >= 0.3 is 11.4 Å². The van der Waals surface area contributed by atoms with Crippen LogP contribution in [-0.2, 0) is 44.4 Å². The van der Waals surface area contributed by atoms with E-state index < -0.39 is 60.0 Å². The van der Waals surface area contributed by atoms with Gasteiger partial charge in [0.15, 0.2) is 22.8 Å². The number of hydrogen-bond acceptors (Lipinski definition) is 23. The predicted molar refractivity (Wildman–Crippen MR) is 509 cm³/mol. The molecule has 37 heteroatoms. The fourth-order valence-corrected chi connectivity index (χ4v) is 20.7. The second-order valence-electron chi connectivity index (χ2n) is 38.9. The van der Waals surface area contributed by atoms with Gasteiger partial charge in [-0.1, -0.05) is 30.0 Å². The number of imide groups is 2. The Morgan fingerprint density at radius 3 is 1.41 bits per heavy atom. The highest BCUT2D eigenvalue weighted by Crippen LogP contribution is 2.40. The van der Waals surface area contributed by atoms with Gasteiger partial charge in [0.2, 0.25) is 35.4 Å². The molecule has 2 unspecified atom stereocenters. The van der Waals surface area contributed by atoms with Gasteiger partial charge in [-0.2, -0.15) is 10.2 Å². The number of nitrogens with one attached hydrogen (secondary N) is 6. The first-order valence-corrected chi connectivity index (χ1v) is 49.1. The fraction of sp³-hybridized carbons (Fsp3) is 0.560. The molecule has 0 bridgehead atoms. The number of alkyl halides is 4. The van der Waals surface area contributed by atoms with Crippen molar-refractivity contribution < 1.29 is 59.9 Å². The molecule has 6 amide bonds. The lowest BCUT2D eigenvalue weighted by atomic mass is 9.85. The molecule has 8 aromatic heterocycles. The number of nitrogens with zero attached hydrogens (tertiary/aromatic N) is 16. The van der Waals surface area contributed by atoms with Gasteiger partial charge in [-0.25, -0.2) is 47.1 Å². The van der Waals surface area contributed by atoms with Crippen molar-refractivity contribution in [2.75, 3.05) is 127 Å². The molecule has 13 heterocycles. The number of ether oxygens (including phenoxy) is 1. The lowest BCUT2D eigenvalue weighted by Crippen LogP contribution is -2.44. The number of aromatic nitrogens is 12. The van der Waals surface area contributed by atoms with Crippen molar-refractivity contribution in [2.24, 2.45) is 49.6 Å². The van der Waals surface area contributed by atoms with Gasteiger partial charge in [-0.05, 0) is 278 Å². The third-order valence-electron chi connectivity index (χ3n) is 28.6. The summed E-state index contributed by atoms with van der Waals surface area (Å²) in [7, 11) is 7.85. The predicted octanol–water partition coefficient (Wildman–Crippen LogP) is 14.2.